The molecule has 0 bridgehead atoms. The van der Waals surface area contributed by atoms with Crippen LogP contribution in [0.25, 0.3) is 0 Å². The first-order valence-electron chi connectivity index (χ1n) is 6.49. The van der Waals surface area contributed by atoms with Gasteiger partial charge in [-0.2, -0.15) is 0 Å². The Hall–Kier alpha value is -1.83. The first-order valence-corrected chi connectivity index (χ1v) is 7.48. The predicted octanol–water partition coefficient (Wildman–Crippen LogP) is 0.581. The molecule has 0 unspecified atom stereocenters. The average Bonchev–Trinajstić information content (AvgIpc) is 2.37. The van der Waals surface area contributed by atoms with E-state index in [4.69, 9.17) is 5.11 Å². The lowest BCUT2D eigenvalue weighted by Crippen LogP contribution is -2.41. The zero-order valence-electron chi connectivity index (χ0n) is 12.2. The molecule has 0 spiro atoms. The molecule has 2 N–H and O–H groups in total. The number of carboxylic acid groups (broad SMARTS) is 1. The fraction of sp³-hybridized carbons (Fsp3) is 0.538. The standard InChI is InChI=1S/C13H19N3O4S/c1-8(2)6-16-5-4-14-11(12(16)18)21-7-10(13(19)20)15-9(3)17/h4-5,8,10H,6-7H2,1-3H3,(H,15,17)(H,19,20)/t10-/m0/s1. The van der Waals surface area contributed by atoms with Crippen LogP contribution in [0.3, 0.4) is 0 Å². The van der Waals surface area contributed by atoms with E-state index in [1.54, 1.807) is 10.8 Å². The normalized spacial score (nSPS) is 12.2. The molecule has 116 valence electrons. The largest absolute Gasteiger partial charge is 0.480 e. The summed E-state index contributed by atoms with van der Waals surface area (Å²) in [5.41, 5.74) is -0.247. The third-order valence-electron chi connectivity index (χ3n) is 2.51. The first kappa shape index (κ1) is 17.2. The first-order chi connectivity index (χ1) is 9.81. The number of aliphatic carboxylic acids is 1. The summed E-state index contributed by atoms with van der Waals surface area (Å²) in [6.45, 7) is 5.81. The van der Waals surface area contributed by atoms with E-state index in [-0.39, 0.29) is 16.3 Å². The molecule has 1 heterocycles. The summed E-state index contributed by atoms with van der Waals surface area (Å²) in [5, 5.41) is 11.6. The highest BCUT2D eigenvalue weighted by Crippen LogP contribution is 2.12. The summed E-state index contributed by atoms with van der Waals surface area (Å²) in [6.07, 6.45) is 3.12. The van der Waals surface area contributed by atoms with Crippen molar-refractivity contribution in [3.8, 4) is 0 Å². The van der Waals surface area contributed by atoms with E-state index in [0.717, 1.165) is 11.8 Å². The van der Waals surface area contributed by atoms with Gasteiger partial charge in [-0.3, -0.25) is 9.59 Å². The second-order valence-corrected chi connectivity index (χ2v) is 5.99. The summed E-state index contributed by atoms with van der Waals surface area (Å²) in [4.78, 5) is 38.1. The number of hydrogen-bond acceptors (Lipinski definition) is 5. The fourth-order valence-corrected chi connectivity index (χ4v) is 2.57. The number of nitrogens with zero attached hydrogens (tertiary/aromatic N) is 2. The van der Waals surface area contributed by atoms with Crippen LogP contribution in [0.5, 0.6) is 0 Å². The molecule has 0 aromatic carbocycles. The van der Waals surface area contributed by atoms with E-state index < -0.39 is 17.9 Å². The van der Waals surface area contributed by atoms with Crippen molar-refractivity contribution < 1.29 is 14.7 Å². The number of hydrogen-bond donors (Lipinski definition) is 2. The number of carboxylic acids is 1. The monoisotopic (exact) mass is 313 g/mol. The van der Waals surface area contributed by atoms with Crippen LogP contribution in [0.1, 0.15) is 20.8 Å². The zero-order chi connectivity index (χ0) is 16.0. The van der Waals surface area contributed by atoms with Crippen molar-refractivity contribution in [2.45, 2.75) is 38.4 Å². The second-order valence-electron chi connectivity index (χ2n) is 4.99. The van der Waals surface area contributed by atoms with Crippen LogP contribution in [0.4, 0.5) is 0 Å². The minimum absolute atomic E-state index is 0.0445. The van der Waals surface area contributed by atoms with Crippen molar-refractivity contribution in [2.24, 2.45) is 5.92 Å². The van der Waals surface area contributed by atoms with Crippen molar-refractivity contribution in [1.82, 2.24) is 14.9 Å². The summed E-state index contributed by atoms with van der Waals surface area (Å²) in [5.74, 6) is -1.21. The van der Waals surface area contributed by atoms with Crippen molar-refractivity contribution in [1.29, 1.82) is 0 Å². The highest BCUT2D eigenvalue weighted by molar-refractivity contribution is 7.99. The van der Waals surface area contributed by atoms with Crippen molar-refractivity contribution in [3.05, 3.63) is 22.7 Å². The molecule has 1 aromatic heterocycles. The molecule has 1 aromatic rings. The average molecular weight is 313 g/mol. The highest BCUT2D eigenvalue weighted by Gasteiger charge is 2.19. The number of rotatable bonds is 7. The maximum atomic E-state index is 12.2. The second kappa shape index (κ2) is 7.82. The maximum Gasteiger partial charge on any atom is 0.327 e. The third kappa shape index (κ3) is 5.58. The van der Waals surface area contributed by atoms with Gasteiger partial charge in [0.15, 0.2) is 5.03 Å². The number of thioether (sulfide) groups is 1. The Morgan fingerprint density at radius 1 is 1.48 bits per heavy atom. The number of amides is 1. The maximum absolute atomic E-state index is 12.2. The number of carbonyl (C=O) groups is 2. The van der Waals surface area contributed by atoms with Crippen LogP contribution in [0.15, 0.2) is 22.2 Å². The Kier molecular flexibility index (Phi) is 6.41. The Labute approximate surface area is 126 Å². The van der Waals surface area contributed by atoms with Crippen LogP contribution in [0, 0.1) is 5.92 Å². The van der Waals surface area contributed by atoms with E-state index in [1.165, 1.54) is 13.1 Å². The van der Waals surface area contributed by atoms with Gasteiger partial charge in [0.2, 0.25) is 5.91 Å². The van der Waals surface area contributed by atoms with Crippen LogP contribution in [0.2, 0.25) is 0 Å². The van der Waals surface area contributed by atoms with Crippen molar-refractivity contribution >= 4 is 23.6 Å². The molecule has 7 nitrogen and oxygen atoms in total. The molecule has 0 radical (unpaired) electrons. The van der Waals surface area contributed by atoms with Crippen LogP contribution in [-0.2, 0) is 16.1 Å². The summed E-state index contributed by atoms with van der Waals surface area (Å²) >= 11 is 1.03. The minimum atomic E-state index is -1.14. The zero-order valence-corrected chi connectivity index (χ0v) is 13.0. The van der Waals surface area contributed by atoms with Gasteiger partial charge < -0.3 is 15.0 Å². The van der Waals surface area contributed by atoms with E-state index in [9.17, 15) is 14.4 Å². The van der Waals surface area contributed by atoms with Gasteiger partial charge in [-0.1, -0.05) is 25.6 Å². The van der Waals surface area contributed by atoms with Crippen LogP contribution >= 0.6 is 11.8 Å². The summed E-state index contributed by atoms with van der Waals surface area (Å²) < 4.78 is 1.55. The molecule has 1 atom stereocenters. The summed E-state index contributed by atoms with van der Waals surface area (Å²) in [7, 11) is 0. The van der Waals surface area contributed by atoms with E-state index in [1.807, 2.05) is 13.8 Å². The molecule has 0 fully saturated rings. The Bertz CT molecular complexity index is 571. The number of aromatic nitrogens is 2. The molecule has 0 saturated carbocycles. The van der Waals surface area contributed by atoms with Gasteiger partial charge in [0, 0.05) is 31.6 Å². The SMILES string of the molecule is CC(=O)N[C@@H](CSc1nccn(CC(C)C)c1=O)C(=O)O. The molecule has 21 heavy (non-hydrogen) atoms. The highest BCUT2D eigenvalue weighted by atomic mass is 32.2. The number of nitrogens with one attached hydrogen (secondary N) is 1. The van der Waals surface area contributed by atoms with Crippen molar-refractivity contribution in [2.75, 3.05) is 5.75 Å². The third-order valence-corrected chi connectivity index (χ3v) is 3.56. The van der Waals surface area contributed by atoms with Crippen LogP contribution < -0.4 is 10.9 Å². The van der Waals surface area contributed by atoms with Gasteiger partial charge in [0.05, 0.1) is 0 Å². The molecule has 0 aliphatic rings. The molecule has 1 rings (SSSR count). The molecule has 8 heteroatoms. The van der Waals surface area contributed by atoms with E-state index in [2.05, 4.69) is 10.3 Å². The van der Waals surface area contributed by atoms with Gasteiger partial charge in [0.1, 0.15) is 6.04 Å². The Morgan fingerprint density at radius 2 is 2.14 bits per heavy atom. The van der Waals surface area contributed by atoms with E-state index >= 15 is 0 Å². The van der Waals surface area contributed by atoms with Crippen molar-refractivity contribution in [3.63, 3.8) is 0 Å². The van der Waals surface area contributed by atoms with Gasteiger partial charge >= 0.3 is 5.97 Å². The molecular weight excluding hydrogens is 294 g/mol. The molecule has 1 amide bonds. The lowest BCUT2D eigenvalue weighted by molar-refractivity contribution is -0.140. The number of carbonyl (C=O) groups excluding carboxylic acids is 1. The smallest absolute Gasteiger partial charge is 0.327 e. The van der Waals surface area contributed by atoms with Gasteiger partial charge in [-0.15, -0.1) is 0 Å². The Morgan fingerprint density at radius 3 is 2.67 bits per heavy atom. The Balaban J connectivity index is 2.81. The topological polar surface area (TPSA) is 101 Å². The predicted molar refractivity (Wildman–Crippen MR) is 79.3 cm³/mol. The molecule has 0 aliphatic carbocycles. The molecular formula is C13H19N3O4S. The quantitative estimate of drug-likeness (QED) is 0.714. The fourth-order valence-electron chi connectivity index (χ4n) is 1.65. The van der Waals surface area contributed by atoms with Crippen LogP contribution in [-0.4, -0.2) is 38.3 Å². The van der Waals surface area contributed by atoms with Gasteiger partial charge in [-0.05, 0) is 5.92 Å². The minimum Gasteiger partial charge on any atom is -0.480 e. The van der Waals surface area contributed by atoms with Gasteiger partial charge in [-0.25, -0.2) is 9.78 Å². The molecule has 0 aliphatic heterocycles. The summed E-state index contributed by atoms with van der Waals surface area (Å²) in [6, 6.07) is -1.05. The van der Waals surface area contributed by atoms with E-state index in [0.29, 0.717) is 12.5 Å². The lowest BCUT2D eigenvalue weighted by atomic mass is 10.2. The van der Waals surface area contributed by atoms with Gasteiger partial charge in [0.25, 0.3) is 5.56 Å². The lowest BCUT2D eigenvalue weighted by Gasteiger charge is -2.13. The molecule has 0 saturated heterocycles.